The maximum atomic E-state index is 6.39. The molecule has 0 aliphatic rings. The monoisotopic (exact) mass is 829 g/mol. The molecule has 0 atom stereocenters. The predicted octanol–water partition coefficient (Wildman–Crippen LogP) is 16.4. The first-order valence-electron chi connectivity index (χ1n) is 22.1. The molecule has 0 saturated heterocycles. The molecule has 65 heavy (non-hydrogen) atoms. The third-order valence-corrected chi connectivity index (χ3v) is 13.0. The molecule has 304 valence electrons. The summed E-state index contributed by atoms with van der Waals surface area (Å²) in [6.07, 6.45) is 0. The van der Waals surface area contributed by atoms with Gasteiger partial charge >= 0.3 is 0 Å². The normalized spacial score (nSPS) is 11.7. The van der Waals surface area contributed by atoms with Gasteiger partial charge in [-0.05, 0) is 136 Å². The van der Waals surface area contributed by atoms with Gasteiger partial charge in [0.25, 0.3) is 0 Å². The van der Waals surface area contributed by atoms with E-state index in [1.165, 1.54) is 65.9 Å². The number of oxazole rings is 1. The van der Waals surface area contributed by atoms with E-state index in [1.54, 1.807) is 0 Å². The Morgan fingerprint density at radius 3 is 1.18 bits per heavy atom. The smallest absolute Gasteiger partial charge is 0.227 e. The minimum absolute atomic E-state index is 0.600. The lowest BCUT2D eigenvalue weighted by Gasteiger charge is -2.13. The molecule has 4 heteroatoms. The predicted molar refractivity (Wildman–Crippen MR) is 270 cm³/mol. The van der Waals surface area contributed by atoms with Crippen LogP contribution in [0.2, 0.25) is 0 Å². The van der Waals surface area contributed by atoms with E-state index in [0.29, 0.717) is 5.89 Å². The first-order valence-corrected chi connectivity index (χ1v) is 22.1. The number of benzene rings is 10. The number of aromatic nitrogens is 3. The highest BCUT2D eigenvalue weighted by Gasteiger charge is 2.17. The molecule has 0 unspecified atom stereocenters. The van der Waals surface area contributed by atoms with E-state index < -0.39 is 0 Å². The molecule has 0 bridgehead atoms. The maximum absolute atomic E-state index is 6.39. The highest BCUT2D eigenvalue weighted by atomic mass is 16.3. The van der Waals surface area contributed by atoms with E-state index in [-0.39, 0.29) is 0 Å². The molecular weight excluding hydrogens is 791 g/mol. The van der Waals surface area contributed by atoms with Crippen LogP contribution in [0, 0.1) is 0 Å². The van der Waals surface area contributed by atoms with Crippen LogP contribution in [0.3, 0.4) is 0 Å². The fourth-order valence-electron chi connectivity index (χ4n) is 9.81. The molecule has 0 spiro atoms. The molecule has 13 rings (SSSR count). The SMILES string of the molecule is c1ccc(-c2ccc3c(c2)c2ccccc2n3-c2ccc(-c3cc(-c4ccc(-n5c6ccccc6c6cc(-c7ccccc7)ccc65)cc4)cc(-c4nc5ccccc5o4)c3)cc2)cc1. The van der Waals surface area contributed by atoms with Gasteiger partial charge in [-0.2, -0.15) is 0 Å². The van der Waals surface area contributed by atoms with Crippen molar-refractivity contribution >= 4 is 54.7 Å². The Morgan fingerprint density at radius 1 is 0.277 bits per heavy atom. The van der Waals surface area contributed by atoms with Crippen molar-refractivity contribution in [1.29, 1.82) is 0 Å². The molecule has 0 fully saturated rings. The van der Waals surface area contributed by atoms with Crippen LogP contribution in [-0.2, 0) is 0 Å². The molecule has 0 aliphatic heterocycles. The highest BCUT2D eigenvalue weighted by Crippen LogP contribution is 2.39. The molecule has 0 radical (unpaired) electrons. The van der Waals surface area contributed by atoms with Crippen LogP contribution in [0.1, 0.15) is 0 Å². The number of hydrogen-bond donors (Lipinski definition) is 0. The van der Waals surface area contributed by atoms with Gasteiger partial charge < -0.3 is 13.6 Å². The van der Waals surface area contributed by atoms with Gasteiger partial charge in [-0.15, -0.1) is 0 Å². The lowest BCUT2D eigenvalue weighted by Crippen LogP contribution is -1.94. The van der Waals surface area contributed by atoms with Crippen molar-refractivity contribution in [3.05, 3.63) is 237 Å². The number of fused-ring (bicyclic) bond motifs is 7. The third kappa shape index (κ3) is 6.26. The van der Waals surface area contributed by atoms with E-state index in [2.05, 4.69) is 221 Å². The van der Waals surface area contributed by atoms with Crippen LogP contribution in [0.25, 0.3) is 122 Å². The topological polar surface area (TPSA) is 35.9 Å². The summed E-state index contributed by atoms with van der Waals surface area (Å²) in [5.41, 5.74) is 18.7. The van der Waals surface area contributed by atoms with E-state index in [0.717, 1.165) is 50.3 Å². The Hall–Kier alpha value is -8.73. The minimum atomic E-state index is 0.600. The van der Waals surface area contributed by atoms with Crippen LogP contribution in [-0.4, -0.2) is 14.1 Å². The summed E-state index contributed by atoms with van der Waals surface area (Å²) < 4.78 is 11.1. The van der Waals surface area contributed by atoms with Gasteiger partial charge in [-0.25, -0.2) is 4.98 Å². The van der Waals surface area contributed by atoms with Crippen molar-refractivity contribution in [2.45, 2.75) is 0 Å². The summed E-state index contributed by atoms with van der Waals surface area (Å²) in [6.45, 7) is 0. The molecule has 3 heterocycles. The quantitative estimate of drug-likeness (QED) is 0.160. The molecule has 0 aliphatic carbocycles. The molecule has 3 aromatic heterocycles. The van der Waals surface area contributed by atoms with Crippen LogP contribution in [0.4, 0.5) is 0 Å². The van der Waals surface area contributed by atoms with Gasteiger partial charge in [0.15, 0.2) is 5.58 Å². The summed E-state index contributed by atoms with van der Waals surface area (Å²) in [4.78, 5) is 4.94. The van der Waals surface area contributed by atoms with Crippen molar-refractivity contribution < 1.29 is 4.42 Å². The second-order valence-corrected chi connectivity index (χ2v) is 16.8. The summed E-state index contributed by atoms with van der Waals surface area (Å²) in [5.74, 6) is 0.600. The second-order valence-electron chi connectivity index (χ2n) is 16.8. The van der Waals surface area contributed by atoms with Crippen molar-refractivity contribution in [3.63, 3.8) is 0 Å². The van der Waals surface area contributed by atoms with Crippen LogP contribution in [0.15, 0.2) is 241 Å². The highest BCUT2D eigenvalue weighted by molar-refractivity contribution is 6.11. The van der Waals surface area contributed by atoms with E-state index in [4.69, 9.17) is 9.40 Å². The van der Waals surface area contributed by atoms with Crippen molar-refractivity contribution in [3.8, 4) is 67.3 Å². The van der Waals surface area contributed by atoms with Gasteiger partial charge in [0.2, 0.25) is 5.89 Å². The van der Waals surface area contributed by atoms with E-state index in [1.807, 2.05) is 24.3 Å². The van der Waals surface area contributed by atoms with Gasteiger partial charge in [-0.3, -0.25) is 0 Å². The molecule has 0 N–H and O–H groups in total. The van der Waals surface area contributed by atoms with Crippen molar-refractivity contribution in [2.75, 3.05) is 0 Å². The Kier molecular flexibility index (Phi) is 8.50. The van der Waals surface area contributed by atoms with Crippen LogP contribution in [0.5, 0.6) is 0 Å². The standard InChI is InChI=1S/C61H39N3O/c1-3-13-40(14-4-1)44-27-33-58-53(38-44)51-17-7-10-20-56(51)63(58)49-29-23-42(24-30-49)46-35-47(37-48(36-46)61-62-55-19-9-12-22-60(55)65-61)43-25-31-50(32-26-43)64-57-21-11-8-18-52(57)54-39-45(28-34-59(54)64)41-15-5-2-6-16-41/h1-39H. The molecule has 13 aromatic rings. The summed E-state index contributed by atoms with van der Waals surface area (Å²) in [6, 6.07) is 84.8. The molecule has 10 aromatic carbocycles. The Morgan fingerprint density at radius 2 is 0.677 bits per heavy atom. The zero-order chi connectivity index (χ0) is 42.8. The van der Waals surface area contributed by atoms with Crippen molar-refractivity contribution in [2.24, 2.45) is 0 Å². The Bertz CT molecular complexity index is 3660. The Balaban J connectivity index is 0.904. The molecule has 0 saturated carbocycles. The van der Waals surface area contributed by atoms with Gasteiger partial charge in [-0.1, -0.05) is 146 Å². The lowest BCUT2D eigenvalue weighted by atomic mass is 9.95. The average molecular weight is 830 g/mol. The largest absolute Gasteiger partial charge is 0.436 e. The van der Waals surface area contributed by atoms with Crippen LogP contribution >= 0.6 is 0 Å². The lowest BCUT2D eigenvalue weighted by molar-refractivity contribution is 0.620. The number of nitrogens with zero attached hydrogens (tertiary/aromatic N) is 3. The van der Waals surface area contributed by atoms with Gasteiger partial charge in [0, 0.05) is 38.5 Å². The first-order chi connectivity index (χ1) is 32.2. The number of para-hydroxylation sites is 4. The second kappa shape index (κ2) is 15.0. The van der Waals surface area contributed by atoms with Crippen LogP contribution < -0.4 is 0 Å². The maximum Gasteiger partial charge on any atom is 0.227 e. The first kappa shape index (κ1) is 36.9. The fraction of sp³-hybridized carbons (Fsp3) is 0. The zero-order valence-corrected chi connectivity index (χ0v) is 35.3. The number of rotatable bonds is 7. The average Bonchev–Trinajstić information content (AvgIpc) is 4.07. The molecule has 0 amide bonds. The van der Waals surface area contributed by atoms with Gasteiger partial charge in [0.05, 0.1) is 22.1 Å². The molecule has 4 nitrogen and oxygen atoms in total. The van der Waals surface area contributed by atoms with Crippen molar-refractivity contribution in [1.82, 2.24) is 14.1 Å². The van der Waals surface area contributed by atoms with E-state index in [9.17, 15) is 0 Å². The van der Waals surface area contributed by atoms with E-state index >= 15 is 0 Å². The molecular formula is C61H39N3O. The summed E-state index contributed by atoms with van der Waals surface area (Å²) in [7, 11) is 0. The summed E-state index contributed by atoms with van der Waals surface area (Å²) >= 11 is 0. The number of hydrogen-bond acceptors (Lipinski definition) is 2. The Labute approximate surface area is 375 Å². The zero-order valence-electron chi connectivity index (χ0n) is 35.3. The minimum Gasteiger partial charge on any atom is -0.436 e. The van der Waals surface area contributed by atoms with Gasteiger partial charge in [0.1, 0.15) is 5.52 Å². The third-order valence-electron chi connectivity index (χ3n) is 13.0. The fourth-order valence-corrected chi connectivity index (χ4v) is 9.81. The summed E-state index contributed by atoms with van der Waals surface area (Å²) in [5, 5.41) is 4.95.